The van der Waals surface area contributed by atoms with Crippen molar-refractivity contribution in [3.05, 3.63) is 45.4 Å². The van der Waals surface area contributed by atoms with Gasteiger partial charge in [-0.3, -0.25) is 0 Å². The number of pyridine rings is 1. The summed E-state index contributed by atoms with van der Waals surface area (Å²) in [5.74, 6) is -1.64. The first-order valence-electron chi connectivity index (χ1n) is 5.83. The van der Waals surface area contributed by atoms with Crippen molar-refractivity contribution >= 4 is 44.9 Å². The lowest BCUT2D eigenvalue weighted by atomic mass is 10.3. The van der Waals surface area contributed by atoms with Gasteiger partial charge in [0.15, 0.2) is 23.3 Å². The van der Waals surface area contributed by atoms with Gasteiger partial charge < -0.3 is 10.6 Å². The first-order chi connectivity index (χ1) is 9.51. The predicted molar refractivity (Wildman–Crippen MR) is 80.8 cm³/mol. The number of hydrogen-bond acceptors (Lipinski definition) is 3. The number of anilines is 3. The summed E-state index contributed by atoms with van der Waals surface area (Å²) in [5.41, 5.74) is 0.474. The van der Waals surface area contributed by atoms with Gasteiger partial charge in [0, 0.05) is 17.1 Å². The fourth-order valence-electron chi connectivity index (χ4n) is 1.57. The number of aromatic nitrogens is 1. The first-order valence-corrected chi connectivity index (χ1v) is 7.00. The van der Waals surface area contributed by atoms with Crippen LogP contribution >= 0.6 is 27.5 Å². The second kappa shape index (κ2) is 6.37. The van der Waals surface area contributed by atoms with E-state index in [9.17, 15) is 8.78 Å². The van der Waals surface area contributed by atoms with Gasteiger partial charge in [0.25, 0.3) is 0 Å². The standard InChI is InChI=1S/C13H11BrClF2N3/c1-2-18-12-9(16)6-10(17)13(20-12)19-11-5-7(14)3-4-8(11)15/h3-6H,2H2,1H3,(H2,18,19,20). The fraction of sp³-hybridized carbons (Fsp3) is 0.154. The van der Waals surface area contributed by atoms with Gasteiger partial charge in [0.2, 0.25) is 0 Å². The number of benzene rings is 1. The maximum Gasteiger partial charge on any atom is 0.169 e. The first kappa shape index (κ1) is 15.0. The number of nitrogens with one attached hydrogen (secondary N) is 2. The summed E-state index contributed by atoms with van der Waals surface area (Å²) >= 11 is 9.30. The molecule has 0 bridgehead atoms. The molecule has 106 valence electrons. The van der Waals surface area contributed by atoms with Gasteiger partial charge in [0.05, 0.1) is 10.7 Å². The normalized spacial score (nSPS) is 10.4. The minimum atomic E-state index is -0.791. The quantitative estimate of drug-likeness (QED) is 0.808. The summed E-state index contributed by atoms with van der Waals surface area (Å²) in [4.78, 5) is 3.88. The van der Waals surface area contributed by atoms with Crippen molar-refractivity contribution in [3.8, 4) is 0 Å². The lowest BCUT2D eigenvalue weighted by Crippen LogP contribution is -2.06. The molecular weight excluding hydrogens is 352 g/mol. The Balaban J connectivity index is 2.37. The van der Waals surface area contributed by atoms with Crippen LogP contribution in [0, 0.1) is 11.6 Å². The van der Waals surface area contributed by atoms with Gasteiger partial charge in [-0.1, -0.05) is 27.5 Å². The fourth-order valence-corrected chi connectivity index (χ4v) is 2.09. The molecule has 7 heteroatoms. The van der Waals surface area contributed by atoms with Crippen LogP contribution in [0.25, 0.3) is 0 Å². The zero-order valence-corrected chi connectivity index (χ0v) is 12.8. The Hall–Kier alpha value is -1.40. The highest BCUT2D eigenvalue weighted by Gasteiger charge is 2.13. The summed E-state index contributed by atoms with van der Waals surface area (Å²) in [5, 5.41) is 5.88. The third-order valence-corrected chi connectivity index (χ3v) is 3.28. The van der Waals surface area contributed by atoms with Crippen molar-refractivity contribution < 1.29 is 8.78 Å². The third-order valence-electron chi connectivity index (χ3n) is 2.46. The van der Waals surface area contributed by atoms with Gasteiger partial charge in [-0.05, 0) is 25.1 Å². The maximum absolute atomic E-state index is 13.7. The highest BCUT2D eigenvalue weighted by atomic mass is 79.9. The minimum absolute atomic E-state index is 0.0116. The molecular formula is C13H11BrClF2N3. The van der Waals surface area contributed by atoms with Crippen LogP contribution in [0.3, 0.4) is 0 Å². The smallest absolute Gasteiger partial charge is 0.169 e. The SMILES string of the molecule is CCNc1nc(Nc2cc(Br)ccc2Cl)c(F)cc1F. The van der Waals surface area contributed by atoms with Crippen molar-refractivity contribution in [2.75, 3.05) is 17.2 Å². The number of hydrogen-bond donors (Lipinski definition) is 2. The lowest BCUT2D eigenvalue weighted by molar-refractivity contribution is 0.579. The van der Waals surface area contributed by atoms with E-state index in [1.807, 2.05) is 0 Å². The van der Waals surface area contributed by atoms with Crippen LogP contribution in [0.15, 0.2) is 28.7 Å². The van der Waals surface area contributed by atoms with Crippen LogP contribution in [0.5, 0.6) is 0 Å². The Bertz CT molecular complexity index is 637. The highest BCUT2D eigenvalue weighted by Crippen LogP contribution is 2.29. The van der Waals surface area contributed by atoms with E-state index >= 15 is 0 Å². The number of rotatable bonds is 4. The molecule has 1 aromatic carbocycles. The molecule has 0 saturated carbocycles. The molecule has 0 aliphatic rings. The zero-order chi connectivity index (χ0) is 14.7. The average Bonchev–Trinajstić information content (AvgIpc) is 2.39. The van der Waals surface area contributed by atoms with Gasteiger partial charge in [-0.15, -0.1) is 0 Å². The van der Waals surface area contributed by atoms with Gasteiger partial charge in [0.1, 0.15) is 0 Å². The van der Waals surface area contributed by atoms with Gasteiger partial charge >= 0.3 is 0 Å². The van der Waals surface area contributed by atoms with Crippen LogP contribution in [0.2, 0.25) is 5.02 Å². The molecule has 0 saturated heterocycles. The van der Waals surface area contributed by atoms with Crippen molar-refractivity contribution in [2.45, 2.75) is 6.92 Å². The molecule has 0 unspecified atom stereocenters. The van der Waals surface area contributed by atoms with E-state index in [1.165, 1.54) is 0 Å². The zero-order valence-electron chi connectivity index (χ0n) is 10.5. The van der Waals surface area contributed by atoms with Crippen LogP contribution in [0.4, 0.5) is 26.1 Å². The molecule has 2 N–H and O–H groups in total. The number of halogens is 4. The maximum atomic E-state index is 13.7. The lowest BCUT2D eigenvalue weighted by Gasteiger charge is -2.11. The van der Waals surface area contributed by atoms with E-state index in [2.05, 4.69) is 31.5 Å². The molecule has 0 atom stereocenters. The molecule has 1 aromatic heterocycles. The third kappa shape index (κ3) is 3.37. The summed E-state index contributed by atoms with van der Waals surface area (Å²) in [6.07, 6.45) is 0. The molecule has 0 aliphatic carbocycles. The van der Waals surface area contributed by atoms with Crippen molar-refractivity contribution in [3.63, 3.8) is 0 Å². The topological polar surface area (TPSA) is 37.0 Å². The summed E-state index contributed by atoms with van der Waals surface area (Å²) in [6, 6.07) is 5.87. The second-order valence-electron chi connectivity index (χ2n) is 3.93. The largest absolute Gasteiger partial charge is 0.368 e. The predicted octanol–water partition coefficient (Wildman–Crippen LogP) is 4.95. The van der Waals surface area contributed by atoms with E-state index in [-0.39, 0.29) is 11.6 Å². The van der Waals surface area contributed by atoms with E-state index in [1.54, 1.807) is 25.1 Å². The van der Waals surface area contributed by atoms with Crippen molar-refractivity contribution in [1.82, 2.24) is 4.98 Å². The molecule has 2 aromatic rings. The molecule has 1 heterocycles. The average molecular weight is 363 g/mol. The Morgan fingerprint density at radius 2 is 1.90 bits per heavy atom. The van der Waals surface area contributed by atoms with Crippen LogP contribution < -0.4 is 10.6 Å². The molecule has 0 amide bonds. The second-order valence-corrected chi connectivity index (χ2v) is 5.25. The van der Waals surface area contributed by atoms with Crippen LogP contribution in [-0.4, -0.2) is 11.5 Å². The number of nitrogens with zero attached hydrogens (tertiary/aromatic N) is 1. The Kier molecular flexibility index (Phi) is 4.77. The Morgan fingerprint density at radius 3 is 2.60 bits per heavy atom. The summed E-state index contributed by atoms with van der Waals surface area (Å²) in [7, 11) is 0. The Morgan fingerprint density at radius 1 is 1.20 bits per heavy atom. The summed E-state index contributed by atoms with van der Waals surface area (Å²) in [6.45, 7) is 2.27. The van der Waals surface area contributed by atoms with E-state index < -0.39 is 11.6 Å². The van der Waals surface area contributed by atoms with Gasteiger partial charge in [-0.2, -0.15) is 0 Å². The summed E-state index contributed by atoms with van der Waals surface area (Å²) < 4.78 is 28.0. The highest BCUT2D eigenvalue weighted by molar-refractivity contribution is 9.10. The molecule has 0 spiro atoms. The monoisotopic (exact) mass is 361 g/mol. The molecule has 20 heavy (non-hydrogen) atoms. The molecule has 3 nitrogen and oxygen atoms in total. The minimum Gasteiger partial charge on any atom is -0.368 e. The van der Waals surface area contributed by atoms with Crippen LogP contribution in [-0.2, 0) is 0 Å². The molecule has 0 fully saturated rings. The van der Waals surface area contributed by atoms with Gasteiger partial charge in [-0.25, -0.2) is 13.8 Å². The van der Waals surface area contributed by atoms with E-state index in [4.69, 9.17) is 11.6 Å². The van der Waals surface area contributed by atoms with Crippen molar-refractivity contribution in [1.29, 1.82) is 0 Å². The van der Waals surface area contributed by atoms with Crippen LogP contribution in [0.1, 0.15) is 6.92 Å². The van der Waals surface area contributed by atoms with Crippen molar-refractivity contribution in [2.24, 2.45) is 0 Å². The molecule has 2 rings (SSSR count). The molecule has 0 radical (unpaired) electrons. The Labute approximate surface area is 128 Å². The van der Waals surface area contributed by atoms with E-state index in [0.717, 1.165) is 10.5 Å². The van der Waals surface area contributed by atoms with E-state index in [0.29, 0.717) is 17.3 Å². The molecule has 0 aliphatic heterocycles.